The molecule has 33 heavy (non-hydrogen) atoms. The number of hydrogen-bond acceptors (Lipinski definition) is 10. The number of nitrogens with two attached hydrogens (primary N) is 1. The summed E-state index contributed by atoms with van der Waals surface area (Å²) in [6, 6.07) is 16.3. The Labute approximate surface area is 192 Å². The van der Waals surface area contributed by atoms with Gasteiger partial charge in [-0.25, -0.2) is 4.63 Å². The van der Waals surface area contributed by atoms with E-state index in [0.717, 1.165) is 10.5 Å². The van der Waals surface area contributed by atoms with Crippen LogP contribution in [0.5, 0.6) is 5.75 Å². The van der Waals surface area contributed by atoms with Crippen molar-refractivity contribution in [3.63, 3.8) is 0 Å². The quantitative estimate of drug-likeness (QED) is 0.226. The molecule has 0 spiro atoms. The zero-order valence-corrected chi connectivity index (χ0v) is 18.3. The monoisotopic (exact) mass is 464 g/mol. The number of nitrogens with zero attached hydrogens (tertiary/aromatic N) is 5. The number of rotatable bonds is 8. The Balaban J connectivity index is 1.56. The highest BCUT2D eigenvalue weighted by Gasteiger charge is 2.24. The first-order valence-corrected chi connectivity index (χ1v) is 10.8. The number of benzene rings is 2. The fraction of sp³-hybridized carbons (Fsp3) is 0.0952. The van der Waals surface area contributed by atoms with Crippen LogP contribution in [0.3, 0.4) is 0 Å². The minimum Gasteiger partial charge on any atom is -0.508 e. The lowest BCUT2D eigenvalue weighted by Crippen LogP contribution is -2.36. The fourth-order valence-electron chi connectivity index (χ4n) is 2.92. The maximum Gasteiger partial charge on any atom is 0.292 e. The second-order valence-electron chi connectivity index (χ2n) is 6.70. The zero-order valence-electron chi connectivity index (χ0n) is 17.5. The molecule has 11 nitrogen and oxygen atoms in total. The van der Waals surface area contributed by atoms with E-state index in [1.54, 1.807) is 30.3 Å². The summed E-state index contributed by atoms with van der Waals surface area (Å²) in [5.74, 6) is 0.187. The van der Waals surface area contributed by atoms with Gasteiger partial charge in [-0.15, -0.1) is 16.9 Å². The SMILES string of the molecule is C/C=C(\NNC(=O)c1nnn(-c2nonc2N)c1CSc1ccccc1)c1ccc(O)cc1. The minimum absolute atomic E-state index is 0.0273. The number of aromatic hydroxyl groups is 1. The van der Waals surface area contributed by atoms with Crippen LogP contribution in [0, 0.1) is 0 Å². The van der Waals surface area contributed by atoms with Gasteiger partial charge in [0.1, 0.15) is 5.75 Å². The fourth-order valence-corrected chi connectivity index (χ4v) is 3.83. The molecular weight excluding hydrogens is 444 g/mol. The maximum atomic E-state index is 13.0. The van der Waals surface area contributed by atoms with Gasteiger partial charge in [0.15, 0.2) is 5.69 Å². The van der Waals surface area contributed by atoms with E-state index in [1.165, 1.54) is 16.4 Å². The Morgan fingerprint density at radius 1 is 1.15 bits per heavy atom. The van der Waals surface area contributed by atoms with Crippen LogP contribution in [-0.2, 0) is 5.75 Å². The molecule has 0 fully saturated rings. The molecule has 5 N–H and O–H groups in total. The van der Waals surface area contributed by atoms with Gasteiger partial charge in [0.05, 0.1) is 11.4 Å². The number of aromatic nitrogens is 5. The summed E-state index contributed by atoms with van der Waals surface area (Å²) < 4.78 is 6.02. The topological polar surface area (TPSA) is 157 Å². The van der Waals surface area contributed by atoms with Crippen molar-refractivity contribution in [1.82, 2.24) is 36.2 Å². The molecular formula is C21H20N8O3S. The van der Waals surface area contributed by atoms with Gasteiger partial charge >= 0.3 is 0 Å². The van der Waals surface area contributed by atoms with Gasteiger partial charge in [-0.2, -0.15) is 4.68 Å². The lowest BCUT2D eigenvalue weighted by Gasteiger charge is -2.12. The first-order chi connectivity index (χ1) is 16.1. The molecule has 0 radical (unpaired) electrons. The molecule has 0 saturated heterocycles. The van der Waals surface area contributed by atoms with Gasteiger partial charge in [-0.3, -0.25) is 15.6 Å². The number of carbonyl (C=O) groups excluding carboxylic acids is 1. The van der Waals surface area contributed by atoms with E-state index in [4.69, 9.17) is 5.73 Å². The van der Waals surface area contributed by atoms with Crippen molar-refractivity contribution in [3.05, 3.63) is 77.6 Å². The Bertz CT molecular complexity index is 1270. The third-order valence-corrected chi connectivity index (χ3v) is 5.59. The van der Waals surface area contributed by atoms with Crippen molar-refractivity contribution >= 4 is 29.2 Å². The van der Waals surface area contributed by atoms with E-state index in [1.807, 2.05) is 37.3 Å². The van der Waals surface area contributed by atoms with Crippen molar-refractivity contribution in [3.8, 4) is 11.6 Å². The number of phenols is 1. The van der Waals surface area contributed by atoms with Gasteiger partial charge in [0, 0.05) is 10.6 Å². The number of anilines is 1. The van der Waals surface area contributed by atoms with E-state index in [-0.39, 0.29) is 23.1 Å². The highest BCUT2D eigenvalue weighted by atomic mass is 32.2. The van der Waals surface area contributed by atoms with E-state index < -0.39 is 5.91 Å². The highest BCUT2D eigenvalue weighted by Crippen LogP contribution is 2.26. The molecule has 168 valence electrons. The molecule has 0 bridgehead atoms. The number of nitrogen functional groups attached to an aromatic ring is 1. The van der Waals surface area contributed by atoms with Crippen LogP contribution in [-0.4, -0.2) is 36.3 Å². The van der Waals surface area contributed by atoms with Crippen molar-refractivity contribution in [2.45, 2.75) is 17.6 Å². The summed E-state index contributed by atoms with van der Waals surface area (Å²) in [6.07, 6.45) is 1.79. The maximum absolute atomic E-state index is 13.0. The number of nitrogens with one attached hydrogen (secondary N) is 2. The number of allylic oxidation sites excluding steroid dienone is 1. The molecule has 0 saturated carbocycles. The summed E-state index contributed by atoms with van der Waals surface area (Å²) in [7, 11) is 0. The Morgan fingerprint density at radius 3 is 2.58 bits per heavy atom. The number of amides is 1. The standard InChI is InChI=1S/C21H20N8O3S/c1-2-16(13-8-10-14(30)11-9-13)23-25-21(31)18-17(12-33-15-6-4-3-5-7-15)29(28-24-18)20-19(22)26-32-27-20/h2-11,23,30H,12H2,1H3,(H2,22,26)(H,25,31)/b16-2-. The largest absolute Gasteiger partial charge is 0.508 e. The lowest BCUT2D eigenvalue weighted by molar-refractivity contribution is 0.0936. The van der Waals surface area contributed by atoms with E-state index >= 15 is 0 Å². The smallest absolute Gasteiger partial charge is 0.292 e. The van der Waals surface area contributed by atoms with Gasteiger partial charge in [0.25, 0.3) is 5.91 Å². The molecule has 4 aromatic rings. The summed E-state index contributed by atoms with van der Waals surface area (Å²) in [5.41, 5.74) is 13.3. The number of carbonyl (C=O) groups is 1. The summed E-state index contributed by atoms with van der Waals surface area (Å²) in [4.78, 5) is 14.0. The second kappa shape index (κ2) is 9.87. The molecule has 1 amide bonds. The average Bonchev–Trinajstić information content (AvgIpc) is 3.45. The molecule has 2 heterocycles. The van der Waals surface area contributed by atoms with E-state index in [2.05, 4.69) is 36.1 Å². The molecule has 12 heteroatoms. The van der Waals surface area contributed by atoms with Crippen molar-refractivity contribution in [2.24, 2.45) is 0 Å². The van der Waals surface area contributed by atoms with Crippen molar-refractivity contribution in [2.75, 3.05) is 5.73 Å². The first kappa shape index (κ1) is 21.9. The van der Waals surface area contributed by atoms with E-state index in [0.29, 0.717) is 17.1 Å². The van der Waals surface area contributed by atoms with Crippen LogP contribution in [0.1, 0.15) is 28.7 Å². The number of thioether (sulfide) groups is 1. The summed E-state index contributed by atoms with van der Waals surface area (Å²) in [5, 5.41) is 24.9. The Kier molecular flexibility index (Phi) is 6.55. The van der Waals surface area contributed by atoms with Crippen molar-refractivity contribution in [1.29, 1.82) is 0 Å². The lowest BCUT2D eigenvalue weighted by atomic mass is 10.1. The van der Waals surface area contributed by atoms with Gasteiger partial charge in [-0.05, 0) is 59.2 Å². The Morgan fingerprint density at radius 2 is 1.91 bits per heavy atom. The number of phenolic OH excluding ortho intramolecular Hbond substituents is 1. The first-order valence-electron chi connectivity index (χ1n) is 9.79. The van der Waals surface area contributed by atoms with E-state index in [9.17, 15) is 9.90 Å². The predicted octanol–water partition coefficient (Wildman–Crippen LogP) is 2.53. The van der Waals surface area contributed by atoms with Crippen LogP contribution in [0.2, 0.25) is 0 Å². The molecule has 0 atom stereocenters. The Hall–Kier alpha value is -4.32. The summed E-state index contributed by atoms with van der Waals surface area (Å²) >= 11 is 1.50. The van der Waals surface area contributed by atoms with Crippen LogP contribution >= 0.6 is 11.8 Å². The normalized spacial score (nSPS) is 11.4. The molecule has 0 aliphatic heterocycles. The molecule has 2 aromatic carbocycles. The number of hydrazine groups is 1. The summed E-state index contributed by atoms with van der Waals surface area (Å²) in [6.45, 7) is 1.82. The van der Waals surface area contributed by atoms with Crippen LogP contribution in [0.25, 0.3) is 11.5 Å². The van der Waals surface area contributed by atoms with Gasteiger partial charge in [0.2, 0.25) is 11.6 Å². The minimum atomic E-state index is -0.502. The molecule has 2 aromatic heterocycles. The molecule has 0 aliphatic carbocycles. The third kappa shape index (κ3) is 4.96. The van der Waals surface area contributed by atoms with Crippen molar-refractivity contribution < 1.29 is 14.5 Å². The number of hydrogen-bond donors (Lipinski definition) is 4. The molecule has 0 unspecified atom stereocenters. The molecule has 4 rings (SSSR count). The van der Waals surface area contributed by atoms with Gasteiger partial charge in [-0.1, -0.05) is 29.5 Å². The average molecular weight is 465 g/mol. The third-order valence-electron chi connectivity index (χ3n) is 4.57. The predicted molar refractivity (Wildman–Crippen MR) is 122 cm³/mol. The van der Waals surface area contributed by atoms with Crippen LogP contribution in [0.15, 0.2) is 70.2 Å². The van der Waals surface area contributed by atoms with Crippen LogP contribution in [0.4, 0.5) is 5.82 Å². The van der Waals surface area contributed by atoms with Gasteiger partial charge < -0.3 is 10.8 Å². The second-order valence-corrected chi connectivity index (χ2v) is 7.75. The van der Waals surface area contributed by atoms with Crippen LogP contribution < -0.4 is 16.6 Å². The molecule has 0 aliphatic rings. The zero-order chi connectivity index (χ0) is 23.2. The highest BCUT2D eigenvalue weighted by molar-refractivity contribution is 7.98.